The van der Waals surface area contributed by atoms with Gasteiger partial charge in [-0.25, -0.2) is 0 Å². The Labute approximate surface area is 132 Å². The molecular formula is C17H24ClN3. The van der Waals surface area contributed by atoms with Crippen molar-refractivity contribution in [2.24, 2.45) is 0 Å². The van der Waals surface area contributed by atoms with E-state index in [9.17, 15) is 0 Å². The van der Waals surface area contributed by atoms with Gasteiger partial charge in [-0.15, -0.1) is 0 Å². The summed E-state index contributed by atoms with van der Waals surface area (Å²) in [5.74, 6) is 0. The third-order valence-electron chi connectivity index (χ3n) is 3.46. The summed E-state index contributed by atoms with van der Waals surface area (Å²) in [4.78, 5) is 0. The van der Waals surface area contributed by atoms with Crippen LogP contribution in [0.4, 0.5) is 0 Å². The summed E-state index contributed by atoms with van der Waals surface area (Å²) in [6, 6.07) is 8.38. The average Bonchev–Trinajstić information content (AvgIpc) is 2.88. The first kappa shape index (κ1) is 16.1. The maximum atomic E-state index is 6.20. The van der Waals surface area contributed by atoms with Crippen molar-refractivity contribution in [2.75, 3.05) is 0 Å². The number of benzene rings is 1. The molecule has 4 heteroatoms. The van der Waals surface area contributed by atoms with Crippen LogP contribution in [0.5, 0.6) is 0 Å². The summed E-state index contributed by atoms with van der Waals surface area (Å²) < 4.78 is 2.00. The Kier molecular flexibility index (Phi) is 5.07. The Morgan fingerprint density at radius 1 is 1.29 bits per heavy atom. The van der Waals surface area contributed by atoms with Gasteiger partial charge >= 0.3 is 0 Å². The van der Waals surface area contributed by atoms with Gasteiger partial charge in [0.05, 0.1) is 11.7 Å². The van der Waals surface area contributed by atoms with Crippen LogP contribution in [0.25, 0.3) is 0 Å². The van der Waals surface area contributed by atoms with E-state index < -0.39 is 0 Å². The highest BCUT2D eigenvalue weighted by Gasteiger charge is 2.14. The van der Waals surface area contributed by atoms with E-state index in [1.807, 2.05) is 29.1 Å². The van der Waals surface area contributed by atoms with Crippen LogP contribution >= 0.6 is 11.6 Å². The molecule has 0 fully saturated rings. The predicted molar refractivity (Wildman–Crippen MR) is 88.7 cm³/mol. The smallest absolute Gasteiger partial charge is 0.0543 e. The van der Waals surface area contributed by atoms with Gasteiger partial charge in [0, 0.05) is 29.4 Å². The summed E-state index contributed by atoms with van der Waals surface area (Å²) >= 11 is 6.20. The second-order valence-electron chi connectivity index (χ2n) is 6.54. The van der Waals surface area contributed by atoms with Crippen molar-refractivity contribution >= 4 is 11.6 Å². The standard InChI is InChI=1S/C17H24ClN3/c1-13(9-15-7-5-6-8-16(15)18)19-10-14-11-20-21(12-14)17(2,3)4/h5-8,11-13,19H,9-10H2,1-4H3. The quantitative estimate of drug-likeness (QED) is 0.904. The SMILES string of the molecule is CC(Cc1ccccc1Cl)NCc1cnn(C(C)(C)C)c1. The molecule has 0 amide bonds. The largest absolute Gasteiger partial charge is 0.310 e. The van der Waals surface area contributed by atoms with E-state index in [0.717, 1.165) is 18.0 Å². The first-order valence-electron chi connectivity index (χ1n) is 7.37. The molecule has 1 unspecified atom stereocenters. The molecule has 0 bridgehead atoms. The van der Waals surface area contributed by atoms with Crippen molar-refractivity contribution in [1.82, 2.24) is 15.1 Å². The molecule has 0 saturated heterocycles. The number of rotatable bonds is 5. The minimum absolute atomic E-state index is 0.0292. The fraction of sp³-hybridized carbons (Fsp3) is 0.471. The van der Waals surface area contributed by atoms with E-state index in [2.05, 4.69) is 50.4 Å². The summed E-state index contributed by atoms with van der Waals surface area (Å²) in [5.41, 5.74) is 2.42. The Balaban J connectivity index is 1.88. The third kappa shape index (κ3) is 4.58. The summed E-state index contributed by atoms with van der Waals surface area (Å²) in [5, 5.41) is 8.79. The molecule has 1 N–H and O–H groups in total. The zero-order valence-corrected chi connectivity index (χ0v) is 14.0. The predicted octanol–water partition coefficient (Wildman–Crippen LogP) is 4.01. The summed E-state index contributed by atoms with van der Waals surface area (Å²) in [6.45, 7) is 9.45. The molecule has 1 aromatic heterocycles. The Morgan fingerprint density at radius 2 is 2.00 bits per heavy atom. The van der Waals surface area contributed by atoms with Gasteiger partial charge in [-0.05, 0) is 45.7 Å². The molecule has 1 heterocycles. The van der Waals surface area contributed by atoms with Crippen LogP contribution in [0, 0.1) is 0 Å². The van der Waals surface area contributed by atoms with Gasteiger partial charge in [-0.3, -0.25) is 4.68 Å². The molecule has 0 aliphatic heterocycles. The van der Waals surface area contributed by atoms with E-state index in [0.29, 0.717) is 6.04 Å². The van der Waals surface area contributed by atoms with Crippen molar-refractivity contribution in [3.05, 3.63) is 52.8 Å². The van der Waals surface area contributed by atoms with Gasteiger partial charge in [0.25, 0.3) is 0 Å². The molecule has 0 aliphatic carbocycles. The zero-order chi connectivity index (χ0) is 15.5. The van der Waals surface area contributed by atoms with Crippen molar-refractivity contribution in [2.45, 2.75) is 52.2 Å². The topological polar surface area (TPSA) is 29.9 Å². The fourth-order valence-electron chi connectivity index (χ4n) is 2.18. The minimum Gasteiger partial charge on any atom is -0.310 e. The Morgan fingerprint density at radius 3 is 2.62 bits per heavy atom. The highest BCUT2D eigenvalue weighted by atomic mass is 35.5. The van der Waals surface area contributed by atoms with Crippen LogP contribution in [0.15, 0.2) is 36.7 Å². The molecule has 21 heavy (non-hydrogen) atoms. The van der Waals surface area contributed by atoms with Crippen LogP contribution in [-0.4, -0.2) is 15.8 Å². The van der Waals surface area contributed by atoms with Crippen molar-refractivity contribution < 1.29 is 0 Å². The highest BCUT2D eigenvalue weighted by molar-refractivity contribution is 6.31. The van der Waals surface area contributed by atoms with Gasteiger partial charge in [0.15, 0.2) is 0 Å². The molecular weight excluding hydrogens is 282 g/mol. The molecule has 2 aromatic rings. The fourth-order valence-corrected chi connectivity index (χ4v) is 2.39. The molecule has 1 atom stereocenters. The number of aromatic nitrogens is 2. The summed E-state index contributed by atoms with van der Waals surface area (Å²) in [7, 11) is 0. The lowest BCUT2D eigenvalue weighted by Crippen LogP contribution is -2.27. The van der Waals surface area contributed by atoms with Gasteiger partial charge < -0.3 is 5.32 Å². The lowest BCUT2D eigenvalue weighted by atomic mass is 10.1. The first-order valence-corrected chi connectivity index (χ1v) is 7.75. The van der Waals surface area contributed by atoms with E-state index in [1.54, 1.807) is 0 Å². The van der Waals surface area contributed by atoms with Crippen LogP contribution in [0.2, 0.25) is 5.02 Å². The van der Waals surface area contributed by atoms with Crippen LogP contribution in [0.1, 0.15) is 38.8 Å². The van der Waals surface area contributed by atoms with Crippen molar-refractivity contribution in [3.8, 4) is 0 Å². The highest BCUT2D eigenvalue weighted by Crippen LogP contribution is 2.17. The number of nitrogens with zero attached hydrogens (tertiary/aromatic N) is 2. The Hall–Kier alpha value is -1.32. The second kappa shape index (κ2) is 6.63. The van der Waals surface area contributed by atoms with Crippen LogP contribution < -0.4 is 5.32 Å². The normalized spacial score (nSPS) is 13.4. The second-order valence-corrected chi connectivity index (χ2v) is 6.95. The van der Waals surface area contributed by atoms with E-state index in [4.69, 9.17) is 11.6 Å². The molecule has 1 aromatic carbocycles. The monoisotopic (exact) mass is 305 g/mol. The molecule has 2 rings (SSSR count). The zero-order valence-electron chi connectivity index (χ0n) is 13.2. The molecule has 0 aliphatic rings. The number of hydrogen-bond donors (Lipinski definition) is 1. The maximum absolute atomic E-state index is 6.20. The average molecular weight is 306 g/mol. The van der Waals surface area contributed by atoms with Crippen LogP contribution in [0.3, 0.4) is 0 Å². The Bertz CT molecular complexity index is 584. The van der Waals surface area contributed by atoms with E-state index >= 15 is 0 Å². The minimum atomic E-state index is 0.0292. The van der Waals surface area contributed by atoms with Gasteiger partial charge in [0.1, 0.15) is 0 Å². The van der Waals surface area contributed by atoms with Gasteiger partial charge in [0.2, 0.25) is 0 Å². The lowest BCUT2D eigenvalue weighted by molar-refractivity contribution is 0.355. The molecule has 114 valence electrons. The number of nitrogens with one attached hydrogen (secondary N) is 1. The number of halogens is 1. The van der Waals surface area contributed by atoms with Gasteiger partial charge in [-0.2, -0.15) is 5.10 Å². The number of hydrogen-bond acceptors (Lipinski definition) is 2. The van der Waals surface area contributed by atoms with Crippen LogP contribution in [-0.2, 0) is 18.5 Å². The van der Waals surface area contributed by atoms with Gasteiger partial charge in [-0.1, -0.05) is 29.8 Å². The van der Waals surface area contributed by atoms with Crippen molar-refractivity contribution in [3.63, 3.8) is 0 Å². The van der Waals surface area contributed by atoms with Crippen molar-refractivity contribution in [1.29, 1.82) is 0 Å². The molecule has 0 saturated carbocycles. The molecule has 0 spiro atoms. The van der Waals surface area contributed by atoms with E-state index in [-0.39, 0.29) is 5.54 Å². The first-order chi connectivity index (χ1) is 9.86. The third-order valence-corrected chi connectivity index (χ3v) is 3.83. The molecule has 0 radical (unpaired) electrons. The maximum Gasteiger partial charge on any atom is 0.0543 e. The van der Waals surface area contributed by atoms with E-state index in [1.165, 1.54) is 11.1 Å². The molecule has 3 nitrogen and oxygen atoms in total. The summed E-state index contributed by atoms with van der Waals surface area (Å²) in [6.07, 6.45) is 4.96. The lowest BCUT2D eigenvalue weighted by Gasteiger charge is -2.18.